The highest BCUT2D eigenvalue weighted by molar-refractivity contribution is 6.03. The van der Waals surface area contributed by atoms with Gasteiger partial charge >= 0.3 is 5.97 Å². The number of ketones is 1. The van der Waals surface area contributed by atoms with Gasteiger partial charge in [-0.1, -0.05) is 0 Å². The summed E-state index contributed by atoms with van der Waals surface area (Å²) in [5, 5.41) is 46.4. The molecule has 0 fully saturated rings. The van der Waals surface area contributed by atoms with E-state index >= 15 is 0 Å². The van der Waals surface area contributed by atoms with Crippen LogP contribution in [0.5, 0.6) is 0 Å². The molecule has 1 unspecified atom stereocenters. The van der Waals surface area contributed by atoms with Crippen LogP contribution in [0.1, 0.15) is 0 Å². The van der Waals surface area contributed by atoms with Crippen molar-refractivity contribution in [1.82, 2.24) is 0 Å². The van der Waals surface area contributed by atoms with Crippen LogP contribution >= 0.6 is 0 Å². The fourth-order valence-corrected chi connectivity index (χ4v) is 1.70. The minimum absolute atomic E-state index is 0.731. The molecule has 19 heavy (non-hydrogen) atoms. The van der Waals surface area contributed by atoms with E-state index in [4.69, 9.17) is 10.2 Å². The molecule has 1 heterocycles. The van der Waals surface area contributed by atoms with Gasteiger partial charge in [-0.2, -0.15) is 0 Å². The van der Waals surface area contributed by atoms with Gasteiger partial charge in [-0.05, 0) is 0 Å². The number of hydrogen-bond donors (Lipinski definition) is 5. The van der Waals surface area contributed by atoms with Crippen LogP contribution in [0, 0.1) is 0 Å². The molecule has 1 aliphatic heterocycles. The Morgan fingerprint density at radius 2 is 1.95 bits per heavy atom. The number of hydrogen-bond acceptors (Lipinski definition) is 9. The molecule has 9 heteroatoms. The van der Waals surface area contributed by atoms with Gasteiger partial charge in [-0.15, -0.1) is 0 Å². The Kier molecular flexibility index (Phi) is 4.48. The minimum atomic E-state index is -2.70. The maximum atomic E-state index is 11.9. The maximum Gasteiger partial charge on any atom is 0.378 e. The van der Waals surface area contributed by atoms with E-state index in [1.807, 2.05) is 0 Å². The second kappa shape index (κ2) is 5.53. The fourth-order valence-electron chi connectivity index (χ4n) is 1.70. The summed E-state index contributed by atoms with van der Waals surface area (Å²) in [4.78, 5) is 23.3. The van der Waals surface area contributed by atoms with Crippen LogP contribution in [0.2, 0.25) is 0 Å². The van der Waals surface area contributed by atoms with Crippen LogP contribution in [0.15, 0.2) is 11.5 Å². The quantitative estimate of drug-likeness (QED) is 0.319. The van der Waals surface area contributed by atoms with Gasteiger partial charge in [-0.25, -0.2) is 4.79 Å². The molecule has 0 spiro atoms. The molecule has 0 amide bonds. The van der Waals surface area contributed by atoms with Crippen molar-refractivity contribution in [3.63, 3.8) is 0 Å². The molecule has 9 nitrogen and oxygen atoms in total. The normalized spacial score (nSPS) is 26.1. The molecular formula is C10H14O9. The highest BCUT2D eigenvalue weighted by Gasteiger charge is 2.61. The van der Waals surface area contributed by atoms with Crippen molar-refractivity contribution < 1.29 is 44.6 Å². The zero-order chi connectivity index (χ0) is 14.8. The van der Waals surface area contributed by atoms with E-state index in [-0.39, 0.29) is 0 Å². The third-order valence-electron chi connectivity index (χ3n) is 2.69. The van der Waals surface area contributed by atoms with Gasteiger partial charge in [-0.3, -0.25) is 4.79 Å². The Balaban J connectivity index is 3.36. The van der Waals surface area contributed by atoms with Crippen molar-refractivity contribution in [2.24, 2.45) is 0 Å². The second-order valence-corrected chi connectivity index (χ2v) is 3.77. The first-order valence-electron chi connectivity index (χ1n) is 5.20. The summed E-state index contributed by atoms with van der Waals surface area (Å²) >= 11 is 0. The maximum absolute atomic E-state index is 11.9. The Morgan fingerprint density at radius 1 is 1.37 bits per heavy atom. The van der Waals surface area contributed by atoms with Crippen LogP contribution in [-0.4, -0.2) is 75.4 Å². The third kappa shape index (κ3) is 2.16. The monoisotopic (exact) mass is 278 g/mol. The molecule has 5 N–H and O–H groups in total. The Hall–Kier alpha value is -1.68. The van der Waals surface area contributed by atoms with Crippen LogP contribution in [-0.2, 0) is 19.1 Å². The number of esters is 1. The van der Waals surface area contributed by atoms with Gasteiger partial charge in [0.25, 0.3) is 5.60 Å². The molecule has 0 aromatic carbocycles. The Bertz CT molecular complexity index is 415. The molecule has 0 aromatic heterocycles. The molecule has 1 rings (SSSR count). The first-order chi connectivity index (χ1) is 8.86. The average Bonchev–Trinajstić information content (AvgIpc) is 2.67. The number of methoxy groups -OCH3 is 1. The molecule has 108 valence electrons. The molecule has 0 bridgehead atoms. The highest BCUT2D eigenvalue weighted by atomic mass is 16.6. The van der Waals surface area contributed by atoms with Gasteiger partial charge < -0.3 is 35.0 Å². The lowest BCUT2D eigenvalue weighted by Gasteiger charge is -2.31. The first-order valence-corrected chi connectivity index (χ1v) is 5.20. The van der Waals surface area contributed by atoms with Crippen LogP contribution in [0.4, 0.5) is 0 Å². The molecule has 0 saturated carbocycles. The summed E-state index contributed by atoms with van der Waals surface area (Å²) in [6.07, 6.45) is -4.05. The lowest BCUT2D eigenvalue weighted by molar-refractivity contribution is -0.178. The van der Waals surface area contributed by atoms with E-state index in [1.54, 1.807) is 0 Å². The highest BCUT2D eigenvalue weighted by Crippen LogP contribution is 2.36. The summed E-state index contributed by atoms with van der Waals surface area (Å²) in [5.74, 6) is -4.43. The van der Waals surface area contributed by atoms with E-state index in [0.717, 1.165) is 7.11 Å². The van der Waals surface area contributed by atoms with Gasteiger partial charge in [0.2, 0.25) is 11.5 Å². The number of aliphatic hydroxyl groups excluding tert-OH is 5. The molecular weight excluding hydrogens is 264 g/mol. The molecule has 0 saturated heterocycles. The smallest absolute Gasteiger partial charge is 0.378 e. The SMILES string of the molecule is COC1=C(O)[C@@](C(=O)C(O)CO)([C@@H](O)CO)OC1=O. The Morgan fingerprint density at radius 3 is 2.32 bits per heavy atom. The predicted octanol–water partition coefficient (Wildman–Crippen LogP) is -3.03. The van der Waals surface area contributed by atoms with Gasteiger partial charge in [0.15, 0.2) is 5.76 Å². The zero-order valence-electron chi connectivity index (χ0n) is 9.94. The van der Waals surface area contributed by atoms with Crippen molar-refractivity contribution in [2.75, 3.05) is 20.3 Å². The minimum Gasteiger partial charge on any atom is -0.504 e. The summed E-state index contributed by atoms with van der Waals surface area (Å²) in [6.45, 7) is -2.07. The van der Waals surface area contributed by atoms with Crippen molar-refractivity contribution in [1.29, 1.82) is 0 Å². The van der Waals surface area contributed by atoms with Crippen molar-refractivity contribution >= 4 is 11.8 Å². The number of aliphatic hydroxyl groups is 5. The molecule has 3 atom stereocenters. The number of carbonyl (C=O) groups is 2. The predicted molar refractivity (Wildman–Crippen MR) is 56.7 cm³/mol. The first kappa shape index (κ1) is 15.4. The summed E-state index contributed by atoms with van der Waals surface area (Å²) < 4.78 is 9.10. The van der Waals surface area contributed by atoms with E-state index in [0.29, 0.717) is 0 Å². The molecule has 0 aromatic rings. The zero-order valence-corrected chi connectivity index (χ0v) is 9.94. The van der Waals surface area contributed by atoms with Crippen LogP contribution in [0.3, 0.4) is 0 Å². The van der Waals surface area contributed by atoms with E-state index < -0.39 is 54.3 Å². The molecule has 0 radical (unpaired) electrons. The summed E-state index contributed by atoms with van der Waals surface area (Å²) in [6, 6.07) is 0. The summed E-state index contributed by atoms with van der Waals surface area (Å²) in [7, 11) is 1.02. The van der Waals surface area contributed by atoms with E-state index in [9.17, 15) is 24.9 Å². The van der Waals surface area contributed by atoms with Crippen molar-refractivity contribution in [2.45, 2.75) is 17.8 Å². The van der Waals surface area contributed by atoms with Crippen LogP contribution in [0.25, 0.3) is 0 Å². The standard InChI is InChI=1S/C10H14O9/c1-18-6-8(16)10(5(14)3-12,19-9(6)17)7(15)4(13)2-11/h4-5,11-14,16H,2-3H2,1H3/t4?,5-,10-/m0/s1. The lowest BCUT2D eigenvalue weighted by Crippen LogP contribution is -2.57. The second-order valence-electron chi connectivity index (χ2n) is 3.77. The number of ether oxygens (including phenoxy) is 2. The van der Waals surface area contributed by atoms with Crippen molar-refractivity contribution in [3.05, 3.63) is 11.5 Å². The molecule has 0 aliphatic carbocycles. The Labute approximate surface area is 107 Å². The van der Waals surface area contributed by atoms with Gasteiger partial charge in [0.1, 0.15) is 12.2 Å². The molecule has 1 aliphatic rings. The van der Waals surface area contributed by atoms with Gasteiger partial charge in [0.05, 0.1) is 20.3 Å². The number of carbonyl (C=O) groups excluding carboxylic acids is 2. The average molecular weight is 278 g/mol. The third-order valence-corrected chi connectivity index (χ3v) is 2.69. The van der Waals surface area contributed by atoms with Crippen molar-refractivity contribution in [3.8, 4) is 0 Å². The van der Waals surface area contributed by atoms with Crippen LogP contribution < -0.4 is 0 Å². The number of cyclic esters (lactones) is 1. The number of rotatable bonds is 6. The van der Waals surface area contributed by atoms with E-state index in [1.165, 1.54) is 0 Å². The summed E-state index contributed by atoms with van der Waals surface area (Å²) in [5.41, 5.74) is -2.70. The largest absolute Gasteiger partial charge is 0.504 e. The number of Topliss-reactive ketones (excluding diaryl/α,β-unsaturated/α-hetero) is 1. The topological polar surface area (TPSA) is 154 Å². The fraction of sp³-hybridized carbons (Fsp3) is 0.600. The lowest BCUT2D eigenvalue weighted by atomic mass is 9.87. The van der Waals surface area contributed by atoms with Gasteiger partial charge in [0, 0.05) is 0 Å². The van der Waals surface area contributed by atoms with E-state index in [2.05, 4.69) is 9.47 Å².